The molecule has 0 aliphatic heterocycles. The highest BCUT2D eigenvalue weighted by Gasteiger charge is 2.64. The Hall–Kier alpha value is -1.15. The molecular formula is C10H12F3N3OS. The molecule has 1 saturated carbocycles. The van der Waals surface area contributed by atoms with Crippen molar-refractivity contribution in [3.8, 4) is 0 Å². The van der Waals surface area contributed by atoms with Crippen molar-refractivity contribution in [1.29, 1.82) is 0 Å². The molecule has 1 aromatic heterocycles. The quantitative estimate of drug-likeness (QED) is 0.877. The van der Waals surface area contributed by atoms with Crippen LogP contribution in [0, 0.1) is 0 Å². The van der Waals surface area contributed by atoms with Crippen molar-refractivity contribution in [3.05, 3.63) is 16.1 Å². The van der Waals surface area contributed by atoms with Crippen molar-refractivity contribution >= 4 is 17.2 Å². The number of carbonyl (C=O) groups is 1. The van der Waals surface area contributed by atoms with E-state index in [2.05, 4.69) is 4.98 Å². The van der Waals surface area contributed by atoms with Gasteiger partial charge in [-0.2, -0.15) is 13.2 Å². The molecule has 0 saturated heterocycles. The topological polar surface area (TPSA) is 68.0 Å². The average molecular weight is 279 g/mol. The number of rotatable bonds is 4. The Morgan fingerprint density at radius 2 is 2.22 bits per heavy atom. The summed E-state index contributed by atoms with van der Waals surface area (Å²) in [4.78, 5) is 15.6. The van der Waals surface area contributed by atoms with Crippen LogP contribution in [0.15, 0.2) is 5.38 Å². The second kappa shape index (κ2) is 4.51. The summed E-state index contributed by atoms with van der Waals surface area (Å²) in [7, 11) is 0. The molecule has 0 radical (unpaired) electrons. The highest BCUT2D eigenvalue weighted by Crippen LogP contribution is 2.49. The van der Waals surface area contributed by atoms with Gasteiger partial charge in [-0.25, -0.2) is 4.98 Å². The fourth-order valence-corrected chi connectivity index (χ4v) is 2.33. The first-order valence-electron chi connectivity index (χ1n) is 5.42. The Balaban J connectivity index is 2.04. The number of carbonyl (C=O) groups excluding carboxylic acids is 1. The summed E-state index contributed by atoms with van der Waals surface area (Å²) in [5.41, 5.74) is 3.32. The Morgan fingerprint density at radius 1 is 1.56 bits per heavy atom. The predicted molar refractivity (Wildman–Crippen MR) is 60.4 cm³/mol. The van der Waals surface area contributed by atoms with E-state index in [1.54, 1.807) is 0 Å². The van der Waals surface area contributed by atoms with E-state index in [1.807, 2.05) is 5.32 Å². The van der Waals surface area contributed by atoms with Gasteiger partial charge in [0.15, 0.2) is 0 Å². The second-order valence-electron chi connectivity index (χ2n) is 4.20. The van der Waals surface area contributed by atoms with Gasteiger partial charge < -0.3 is 11.1 Å². The third kappa shape index (κ3) is 2.49. The van der Waals surface area contributed by atoms with E-state index in [9.17, 15) is 18.0 Å². The molecule has 0 spiro atoms. The van der Waals surface area contributed by atoms with Crippen LogP contribution >= 0.6 is 11.3 Å². The normalized spacial score (nSPS) is 17.6. The van der Waals surface area contributed by atoms with E-state index in [-0.39, 0.29) is 18.5 Å². The van der Waals surface area contributed by atoms with Gasteiger partial charge in [0.2, 0.25) is 0 Å². The zero-order valence-electron chi connectivity index (χ0n) is 9.38. The monoisotopic (exact) mass is 279 g/mol. The number of thiazole rings is 1. The first-order chi connectivity index (χ1) is 8.38. The summed E-state index contributed by atoms with van der Waals surface area (Å²) in [6.07, 6.45) is -4.02. The highest BCUT2D eigenvalue weighted by atomic mass is 32.1. The van der Waals surface area contributed by atoms with E-state index in [0.717, 1.165) is 0 Å². The van der Waals surface area contributed by atoms with Gasteiger partial charge in [-0.1, -0.05) is 0 Å². The van der Waals surface area contributed by atoms with Crippen LogP contribution in [0.1, 0.15) is 28.3 Å². The molecule has 1 aliphatic rings. The molecule has 100 valence electrons. The molecule has 0 bridgehead atoms. The standard InChI is InChI=1S/C10H12F3N3OS/c11-10(12,13)9(2-3-9)16-8(17)6-5-18-7(15-6)1-4-14/h5H,1-4,14H2,(H,16,17). The van der Waals surface area contributed by atoms with Gasteiger partial charge in [0.05, 0.1) is 5.01 Å². The highest BCUT2D eigenvalue weighted by molar-refractivity contribution is 7.09. The molecule has 4 nitrogen and oxygen atoms in total. The second-order valence-corrected chi connectivity index (χ2v) is 5.14. The van der Waals surface area contributed by atoms with Crippen LogP contribution in [0.2, 0.25) is 0 Å². The summed E-state index contributed by atoms with van der Waals surface area (Å²) in [6, 6.07) is 0. The number of hydrogen-bond acceptors (Lipinski definition) is 4. The first-order valence-corrected chi connectivity index (χ1v) is 6.30. The molecule has 0 aromatic carbocycles. The van der Waals surface area contributed by atoms with Gasteiger partial charge in [0.25, 0.3) is 5.91 Å². The van der Waals surface area contributed by atoms with Crippen LogP contribution in [0.5, 0.6) is 0 Å². The molecular weight excluding hydrogens is 267 g/mol. The molecule has 0 unspecified atom stereocenters. The Morgan fingerprint density at radius 3 is 2.72 bits per heavy atom. The number of alkyl halides is 3. The van der Waals surface area contributed by atoms with Crippen LogP contribution in [0.3, 0.4) is 0 Å². The Bertz CT molecular complexity index is 453. The zero-order valence-corrected chi connectivity index (χ0v) is 10.2. The fraction of sp³-hybridized carbons (Fsp3) is 0.600. The molecule has 1 aliphatic carbocycles. The average Bonchev–Trinajstić information content (AvgIpc) is 2.90. The molecule has 2 rings (SSSR count). The number of halogens is 3. The maximum Gasteiger partial charge on any atom is 0.411 e. The summed E-state index contributed by atoms with van der Waals surface area (Å²) < 4.78 is 37.9. The van der Waals surface area contributed by atoms with Gasteiger partial charge in [0.1, 0.15) is 11.2 Å². The van der Waals surface area contributed by atoms with Crippen LogP contribution < -0.4 is 11.1 Å². The van der Waals surface area contributed by atoms with Crippen LogP contribution in [0.25, 0.3) is 0 Å². The van der Waals surface area contributed by atoms with Gasteiger partial charge in [-0.15, -0.1) is 11.3 Å². The Kier molecular flexibility index (Phi) is 3.33. The van der Waals surface area contributed by atoms with Crippen LogP contribution in [-0.4, -0.2) is 29.2 Å². The molecule has 8 heteroatoms. The summed E-state index contributed by atoms with van der Waals surface area (Å²) >= 11 is 1.22. The smallest absolute Gasteiger partial charge is 0.336 e. The van der Waals surface area contributed by atoms with Crippen molar-refractivity contribution in [2.75, 3.05) is 6.54 Å². The van der Waals surface area contributed by atoms with E-state index < -0.39 is 17.6 Å². The minimum atomic E-state index is -4.40. The lowest BCUT2D eigenvalue weighted by Gasteiger charge is -2.19. The Labute approximate surface area is 105 Å². The van der Waals surface area contributed by atoms with Crippen molar-refractivity contribution in [2.45, 2.75) is 31.0 Å². The van der Waals surface area contributed by atoms with Crippen molar-refractivity contribution in [1.82, 2.24) is 10.3 Å². The van der Waals surface area contributed by atoms with E-state index in [4.69, 9.17) is 5.73 Å². The lowest BCUT2D eigenvalue weighted by molar-refractivity contribution is -0.163. The third-order valence-electron chi connectivity index (χ3n) is 2.79. The number of aromatic nitrogens is 1. The number of amides is 1. The number of nitrogens with zero attached hydrogens (tertiary/aromatic N) is 1. The number of hydrogen-bond donors (Lipinski definition) is 2. The molecule has 1 fully saturated rings. The lowest BCUT2D eigenvalue weighted by Crippen LogP contribution is -2.47. The maximum absolute atomic E-state index is 12.6. The van der Waals surface area contributed by atoms with Crippen LogP contribution in [-0.2, 0) is 6.42 Å². The van der Waals surface area contributed by atoms with Crippen molar-refractivity contribution in [3.63, 3.8) is 0 Å². The van der Waals surface area contributed by atoms with Crippen molar-refractivity contribution in [2.24, 2.45) is 5.73 Å². The largest absolute Gasteiger partial charge is 0.411 e. The van der Waals surface area contributed by atoms with E-state index in [0.29, 0.717) is 18.0 Å². The minimum Gasteiger partial charge on any atom is -0.336 e. The van der Waals surface area contributed by atoms with Crippen LogP contribution in [0.4, 0.5) is 13.2 Å². The zero-order chi connectivity index (χ0) is 13.4. The number of nitrogens with two attached hydrogens (primary N) is 1. The van der Waals surface area contributed by atoms with Gasteiger partial charge in [-0.3, -0.25) is 4.79 Å². The first kappa shape index (κ1) is 13.3. The number of nitrogens with one attached hydrogen (secondary N) is 1. The molecule has 18 heavy (non-hydrogen) atoms. The van der Waals surface area contributed by atoms with Crippen molar-refractivity contribution < 1.29 is 18.0 Å². The van der Waals surface area contributed by atoms with E-state index >= 15 is 0 Å². The molecule has 1 amide bonds. The van der Waals surface area contributed by atoms with Gasteiger partial charge >= 0.3 is 6.18 Å². The fourth-order valence-electron chi connectivity index (χ4n) is 1.54. The summed E-state index contributed by atoms with van der Waals surface area (Å²) in [6.45, 7) is 0.390. The SMILES string of the molecule is NCCc1nc(C(=O)NC2(C(F)(F)F)CC2)cs1. The van der Waals surface area contributed by atoms with E-state index in [1.165, 1.54) is 16.7 Å². The third-order valence-corrected chi connectivity index (χ3v) is 3.70. The molecule has 3 N–H and O–H groups in total. The predicted octanol–water partition coefficient (Wildman–Crippen LogP) is 1.47. The summed E-state index contributed by atoms with van der Waals surface area (Å²) in [5.74, 6) is -0.774. The molecule has 0 atom stereocenters. The minimum absolute atomic E-state index is 0.0268. The molecule has 1 heterocycles. The van der Waals surface area contributed by atoms with Gasteiger partial charge in [0, 0.05) is 11.8 Å². The van der Waals surface area contributed by atoms with Gasteiger partial charge in [-0.05, 0) is 19.4 Å². The summed E-state index contributed by atoms with van der Waals surface area (Å²) in [5, 5.41) is 4.13. The lowest BCUT2D eigenvalue weighted by atomic mass is 10.2. The maximum atomic E-state index is 12.6. The molecule has 1 aromatic rings.